The van der Waals surface area contributed by atoms with Gasteiger partial charge in [0.1, 0.15) is 11.7 Å². The summed E-state index contributed by atoms with van der Waals surface area (Å²) in [7, 11) is 1.68. The molecule has 0 aliphatic heterocycles. The second kappa shape index (κ2) is 6.63. The third kappa shape index (κ3) is 2.21. The molecule has 5 aliphatic rings. The maximum absolute atomic E-state index is 12.3. The highest BCUT2D eigenvalue weighted by atomic mass is 16.5. The summed E-state index contributed by atoms with van der Waals surface area (Å²) in [5.74, 6) is 1.94. The van der Waals surface area contributed by atoms with Crippen molar-refractivity contribution in [1.82, 2.24) is 0 Å². The van der Waals surface area contributed by atoms with E-state index in [1.165, 1.54) is 49.7 Å². The Morgan fingerprint density at radius 3 is 2.41 bits per heavy atom. The molecule has 4 saturated carbocycles. The van der Waals surface area contributed by atoms with Crippen LogP contribution in [0, 0.1) is 39.9 Å². The normalized spacial score (nSPS) is 50.8. The Kier molecular flexibility index (Phi) is 4.40. The van der Waals surface area contributed by atoms with Gasteiger partial charge < -0.3 is 14.9 Å². The Labute approximate surface area is 193 Å². The molecular weight excluding hydrogens is 396 g/mol. The molecule has 5 aliphatic carbocycles. The monoisotopic (exact) mass is 436 g/mol. The molecule has 32 heavy (non-hydrogen) atoms. The van der Waals surface area contributed by atoms with Gasteiger partial charge in [0.05, 0.1) is 11.7 Å². The zero-order chi connectivity index (χ0) is 22.5. The first-order chi connectivity index (χ1) is 15.2. The van der Waals surface area contributed by atoms with Crippen LogP contribution in [0.4, 0.5) is 0 Å². The molecule has 1 aromatic carbocycles. The third-order valence-electron chi connectivity index (χ3n) is 11.8. The molecule has 9 atom stereocenters. The fourth-order valence-corrected chi connectivity index (χ4v) is 10.3. The summed E-state index contributed by atoms with van der Waals surface area (Å²) in [4.78, 5) is 0. The van der Waals surface area contributed by atoms with E-state index < -0.39 is 11.7 Å². The number of aryl methyl sites for hydroxylation is 1. The van der Waals surface area contributed by atoms with Gasteiger partial charge in [0.15, 0.2) is 0 Å². The SMILES string of the molecule is CCc1ccc(CC2CCC3(CCC4CC5(C)C6(O)C(OC)C=C(O)C6C4C35C)C2)cc1. The highest BCUT2D eigenvalue weighted by Gasteiger charge is 2.86. The zero-order valence-electron chi connectivity index (χ0n) is 20.2. The summed E-state index contributed by atoms with van der Waals surface area (Å²) in [5, 5.41) is 23.3. The van der Waals surface area contributed by atoms with Gasteiger partial charge in [-0.25, -0.2) is 0 Å². The van der Waals surface area contributed by atoms with Crippen LogP contribution < -0.4 is 0 Å². The molecule has 1 aromatic rings. The van der Waals surface area contributed by atoms with Crippen molar-refractivity contribution in [2.24, 2.45) is 39.9 Å². The van der Waals surface area contributed by atoms with E-state index in [1.807, 2.05) is 6.08 Å². The Bertz CT molecular complexity index is 952. The van der Waals surface area contributed by atoms with Crippen molar-refractivity contribution in [1.29, 1.82) is 0 Å². The largest absolute Gasteiger partial charge is 0.512 e. The molecule has 2 N–H and O–H groups in total. The molecule has 4 bridgehead atoms. The van der Waals surface area contributed by atoms with Crippen LogP contribution in [-0.4, -0.2) is 29.0 Å². The second-order valence-corrected chi connectivity index (χ2v) is 12.4. The van der Waals surface area contributed by atoms with Crippen molar-refractivity contribution in [2.45, 2.75) is 83.8 Å². The smallest absolute Gasteiger partial charge is 0.110 e. The van der Waals surface area contributed by atoms with Crippen LogP contribution in [0.2, 0.25) is 0 Å². The number of fused-ring (bicyclic) bond motifs is 2. The zero-order valence-corrected chi connectivity index (χ0v) is 20.2. The number of hydrogen-bond acceptors (Lipinski definition) is 3. The van der Waals surface area contributed by atoms with Crippen LogP contribution >= 0.6 is 0 Å². The van der Waals surface area contributed by atoms with Gasteiger partial charge in [0, 0.05) is 12.5 Å². The van der Waals surface area contributed by atoms with Crippen LogP contribution in [0.15, 0.2) is 36.1 Å². The van der Waals surface area contributed by atoms with Crippen LogP contribution in [0.25, 0.3) is 0 Å². The molecule has 0 saturated heterocycles. The number of aliphatic hydroxyl groups is 2. The standard InChI is InChI=1S/C29H40O3/c1-5-18-6-8-19(9-7-18)14-20-10-12-28(16-20)13-11-21-17-26(2)27(28,3)24(21)25-22(30)15-23(32-4)29(25,26)31/h6-9,15,20-21,23-25,30-31H,5,10-14,16-17H2,1-4H3. The van der Waals surface area contributed by atoms with Crippen LogP contribution in [0.5, 0.6) is 0 Å². The number of ether oxygens (including phenoxy) is 1. The van der Waals surface area contributed by atoms with Crippen LogP contribution in [0.1, 0.15) is 70.4 Å². The lowest BCUT2D eigenvalue weighted by Gasteiger charge is -2.56. The van der Waals surface area contributed by atoms with E-state index in [0.717, 1.165) is 18.8 Å². The van der Waals surface area contributed by atoms with Gasteiger partial charge in [-0.05, 0) is 97.2 Å². The van der Waals surface area contributed by atoms with Gasteiger partial charge in [-0.1, -0.05) is 45.0 Å². The Hall–Kier alpha value is -1.32. The summed E-state index contributed by atoms with van der Waals surface area (Å²) in [5.41, 5.74) is 1.99. The van der Waals surface area contributed by atoms with Crippen LogP contribution in [-0.2, 0) is 17.6 Å². The molecule has 6 rings (SSSR count). The number of aliphatic hydroxyl groups excluding tert-OH is 1. The number of benzene rings is 1. The minimum absolute atomic E-state index is 0.0438. The van der Waals surface area contributed by atoms with E-state index in [-0.39, 0.29) is 22.2 Å². The predicted octanol–water partition coefficient (Wildman–Crippen LogP) is 5.85. The van der Waals surface area contributed by atoms with E-state index in [1.54, 1.807) is 7.11 Å². The molecule has 0 radical (unpaired) electrons. The van der Waals surface area contributed by atoms with Crippen molar-refractivity contribution < 1.29 is 14.9 Å². The third-order valence-corrected chi connectivity index (χ3v) is 11.8. The molecule has 174 valence electrons. The van der Waals surface area contributed by atoms with Gasteiger partial charge in [-0.15, -0.1) is 0 Å². The summed E-state index contributed by atoms with van der Waals surface area (Å²) >= 11 is 0. The summed E-state index contributed by atoms with van der Waals surface area (Å²) < 4.78 is 5.79. The van der Waals surface area contributed by atoms with E-state index in [0.29, 0.717) is 17.6 Å². The topological polar surface area (TPSA) is 49.7 Å². The summed E-state index contributed by atoms with van der Waals surface area (Å²) in [6, 6.07) is 9.26. The number of methoxy groups -OCH3 is 1. The maximum atomic E-state index is 12.3. The molecule has 9 unspecified atom stereocenters. The molecule has 0 amide bonds. The first kappa shape index (κ1) is 21.2. The molecule has 0 aromatic heterocycles. The van der Waals surface area contributed by atoms with Crippen LogP contribution in [0.3, 0.4) is 0 Å². The van der Waals surface area contributed by atoms with E-state index in [9.17, 15) is 10.2 Å². The average molecular weight is 437 g/mol. The lowest BCUT2D eigenvalue weighted by molar-refractivity contribution is -0.181. The Balaban J connectivity index is 1.34. The fourth-order valence-electron chi connectivity index (χ4n) is 10.3. The lowest BCUT2D eigenvalue weighted by Crippen LogP contribution is -2.59. The highest BCUT2D eigenvalue weighted by molar-refractivity contribution is 5.41. The highest BCUT2D eigenvalue weighted by Crippen LogP contribution is 2.86. The van der Waals surface area contributed by atoms with Gasteiger partial charge in [-0.2, -0.15) is 0 Å². The Morgan fingerprint density at radius 1 is 1.03 bits per heavy atom. The van der Waals surface area contributed by atoms with Gasteiger partial charge in [-0.3, -0.25) is 0 Å². The summed E-state index contributed by atoms with van der Waals surface area (Å²) in [6.45, 7) is 7.07. The lowest BCUT2D eigenvalue weighted by atomic mass is 9.48. The molecule has 1 spiro atoms. The van der Waals surface area contributed by atoms with E-state index in [4.69, 9.17) is 4.74 Å². The van der Waals surface area contributed by atoms with Gasteiger partial charge >= 0.3 is 0 Å². The summed E-state index contributed by atoms with van der Waals surface area (Å²) in [6.07, 6.45) is 11.1. The van der Waals surface area contributed by atoms with Crippen molar-refractivity contribution in [3.05, 3.63) is 47.2 Å². The van der Waals surface area contributed by atoms with Crippen molar-refractivity contribution >= 4 is 0 Å². The second-order valence-electron chi connectivity index (χ2n) is 12.4. The maximum Gasteiger partial charge on any atom is 0.110 e. The van der Waals surface area contributed by atoms with Gasteiger partial charge in [0.2, 0.25) is 0 Å². The van der Waals surface area contributed by atoms with E-state index in [2.05, 4.69) is 45.0 Å². The van der Waals surface area contributed by atoms with E-state index >= 15 is 0 Å². The van der Waals surface area contributed by atoms with Gasteiger partial charge in [0.25, 0.3) is 0 Å². The molecule has 3 nitrogen and oxygen atoms in total. The van der Waals surface area contributed by atoms with Crippen molar-refractivity contribution in [3.8, 4) is 0 Å². The van der Waals surface area contributed by atoms with Crippen molar-refractivity contribution in [2.75, 3.05) is 7.11 Å². The predicted molar refractivity (Wildman–Crippen MR) is 126 cm³/mol. The first-order valence-electron chi connectivity index (χ1n) is 13.0. The first-order valence-corrected chi connectivity index (χ1v) is 13.0. The minimum atomic E-state index is -0.979. The fraction of sp³-hybridized carbons (Fsp3) is 0.724. The molecule has 3 heteroatoms. The molecule has 4 fully saturated rings. The molecule has 0 heterocycles. The Morgan fingerprint density at radius 2 is 1.72 bits per heavy atom. The average Bonchev–Trinajstić information content (AvgIpc) is 3.40. The number of hydrogen-bond donors (Lipinski definition) is 2. The van der Waals surface area contributed by atoms with Crippen molar-refractivity contribution in [3.63, 3.8) is 0 Å². The molecular formula is C29H40O3. The quantitative estimate of drug-likeness (QED) is 0.622. The number of rotatable bonds is 4. The minimum Gasteiger partial charge on any atom is -0.512 e.